The first kappa shape index (κ1) is 23.3. The Morgan fingerprint density at radius 3 is 2.55 bits per heavy atom. The van der Waals surface area contributed by atoms with Crippen molar-refractivity contribution >= 4 is 5.96 Å². The van der Waals surface area contributed by atoms with Crippen molar-refractivity contribution in [1.29, 1.82) is 0 Å². The quantitative estimate of drug-likeness (QED) is 0.239. The molecule has 7 heteroatoms. The summed E-state index contributed by atoms with van der Waals surface area (Å²) in [4.78, 5) is 4.51. The molecule has 1 aliphatic rings. The number of aliphatic imine (C=N–C) groups is 1. The van der Waals surface area contributed by atoms with Crippen molar-refractivity contribution in [2.45, 2.75) is 57.7 Å². The minimum Gasteiger partial charge on any atom is -0.497 e. The van der Waals surface area contributed by atoms with Gasteiger partial charge in [0.1, 0.15) is 17.6 Å². The van der Waals surface area contributed by atoms with E-state index in [1.807, 2.05) is 6.92 Å². The molecule has 0 aromatic heterocycles. The van der Waals surface area contributed by atoms with E-state index in [0.717, 1.165) is 6.54 Å². The maximum Gasteiger partial charge on any atom is 0.191 e. The summed E-state index contributed by atoms with van der Waals surface area (Å²) in [5, 5.41) is 17.1. The number of ether oxygens (including phenoxy) is 3. The fraction of sp³-hybridized carbons (Fsp3) is 0.682. The molecule has 3 N–H and O–H groups in total. The van der Waals surface area contributed by atoms with Crippen LogP contribution in [0.15, 0.2) is 23.2 Å². The lowest BCUT2D eigenvalue weighted by Crippen LogP contribution is -2.39. The summed E-state index contributed by atoms with van der Waals surface area (Å²) >= 11 is 0. The van der Waals surface area contributed by atoms with Gasteiger partial charge in [-0.25, -0.2) is 0 Å². The molecule has 0 heterocycles. The standard InChI is InChI=1S/C22H37N3O4/c1-4-23-22(24-13-14-29-17-9-7-5-6-8-10-17)25-16-20(26)19-15-18(27-2)11-12-21(19)28-3/h11-12,15,17,20,26H,4-10,13-14,16H2,1-3H3,(H2,23,24,25). The van der Waals surface area contributed by atoms with Gasteiger partial charge in [0.25, 0.3) is 0 Å². The van der Waals surface area contributed by atoms with E-state index in [4.69, 9.17) is 14.2 Å². The van der Waals surface area contributed by atoms with Crippen LogP contribution in [-0.2, 0) is 4.74 Å². The van der Waals surface area contributed by atoms with Crippen molar-refractivity contribution in [3.63, 3.8) is 0 Å². The third kappa shape index (κ3) is 8.11. The minimum atomic E-state index is -0.794. The zero-order chi connectivity index (χ0) is 20.9. The molecule has 0 saturated heterocycles. The Kier molecular flexibility index (Phi) is 10.7. The zero-order valence-electron chi connectivity index (χ0n) is 18.1. The highest BCUT2D eigenvalue weighted by atomic mass is 16.5. The lowest BCUT2D eigenvalue weighted by molar-refractivity contribution is 0.0468. The molecule has 29 heavy (non-hydrogen) atoms. The highest BCUT2D eigenvalue weighted by Gasteiger charge is 2.15. The number of hydrogen-bond acceptors (Lipinski definition) is 5. The van der Waals surface area contributed by atoms with E-state index in [0.29, 0.717) is 42.3 Å². The van der Waals surface area contributed by atoms with E-state index in [2.05, 4.69) is 15.6 Å². The van der Waals surface area contributed by atoms with Crippen LogP contribution in [0.2, 0.25) is 0 Å². The summed E-state index contributed by atoms with van der Waals surface area (Å²) in [5.41, 5.74) is 0.656. The lowest BCUT2D eigenvalue weighted by Gasteiger charge is -2.18. The van der Waals surface area contributed by atoms with Crippen molar-refractivity contribution in [2.75, 3.05) is 40.5 Å². The Hall–Kier alpha value is -1.99. The Labute approximate surface area is 174 Å². The van der Waals surface area contributed by atoms with Gasteiger partial charge in [-0.15, -0.1) is 0 Å². The lowest BCUT2D eigenvalue weighted by atomic mass is 10.1. The monoisotopic (exact) mass is 407 g/mol. The molecule has 2 rings (SSSR count). The van der Waals surface area contributed by atoms with Crippen molar-refractivity contribution in [3.05, 3.63) is 23.8 Å². The smallest absolute Gasteiger partial charge is 0.191 e. The van der Waals surface area contributed by atoms with Crippen molar-refractivity contribution in [2.24, 2.45) is 4.99 Å². The SMILES string of the molecule is CCNC(=NCC(O)c1cc(OC)ccc1OC)NCCOC1CCCCCC1. The number of rotatable bonds is 10. The van der Waals surface area contributed by atoms with Crippen LogP contribution in [0.4, 0.5) is 0 Å². The number of nitrogens with one attached hydrogen (secondary N) is 2. The van der Waals surface area contributed by atoms with Crippen LogP contribution < -0.4 is 20.1 Å². The van der Waals surface area contributed by atoms with E-state index in [9.17, 15) is 5.11 Å². The summed E-state index contributed by atoms with van der Waals surface area (Å²) in [6.45, 7) is 4.30. The molecule has 0 radical (unpaired) electrons. The van der Waals surface area contributed by atoms with Crippen molar-refractivity contribution in [1.82, 2.24) is 10.6 Å². The predicted molar refractivity (Wildman–Crippen MR) is 116 cm³/mol. The third-order valence-corrected chi connectivity index (χ3v) is 5.11. The average Bonchev–Trinajstić information content (AvgIpc) is 3.03. The van der Waals surface area contributed by atoms with Gasteiger partial charge in [-0.2, -0.15) is 0 Å². The van der Waals surface area contributed by atoms with Gasteiger partial charge in [-0.3, -0.25) is 4.99 Å². The number of benzene rings is 1. The Bertz CT molecular complexity index is 616. The molecule has 1 aliphatic carbocycles. The van der Waals surface area contributed by atoms with Crippen LogP contribution in [-0.4, -0.2) is 57.6 Å². The zero-order valence-corrected chi connectivity index (χ0v) is 18.1. The van der Waals surface area contributed by atoms with Crippen molar-refractivity contribution < 1.29 is 19.3 Å². The molecular weight excluding hydrogens is 370 g/mol. The van der Waals surface area contributed by atoms with E-state index < -0.39 is 6.10 Å². The van der Waals surface area contributed by atoms with Gasteiger partial charge in [-0.1, -0.05) is 25.7 Å². The molecule has 7 nitrogen and oxygen atoms in total. The maximum absolute atomic E-state index is 10.6. The molecule has 1 aromatic carbocycles. The van der Waals surface area contributed by atoms with Crippen LogP contribution in [0.5, 0.6) is 11.5 Å². The van der Waals surface area contributed by atoms with Gasteiger partial charge in [0.2, 0.25) is 0 Å². The number of nitrogens with zero attached hydrogens (tertiary/aromatic N) is 1. The number of methoxy groups -OCH3 is 2. The van der Waals surface area contributed by atoms with Crippen molar-refractivity contribution in [3.8, 4) is 11.5 Å². The Balaban J connectivity index is 1.85. The molecule has 0 amide bonds. The molecule has 1 fully saturated rings. The number of hydrogen-bond donors (Lipinski definition) is 3. The third-order valence-electron chi connectivity index (χ3n) is 5.11. The minimum absolute atomic E-state index is 0.211. The largest absolute Gasteiger partial charge is 0.497 e. The molecule has 164 valence electrons. The van der Waals surface area contributed by atoms with Crippen LogP contribution in [0.3, 0.4) is 0 Å². The molecule has 1 aromatic rings. The van der Waals surface area contributed by atoms with E-state index in [1.165, 1.54) is 38.5 Å². The Morgan fingerprint density at radius 2 is 1.90 bits per heavy atom. The van der Waals surface area contributed by atoms with Crippen LogP contribution in [0.1, 0.15) is 57.1 Å². The molecule has 1 saturated carbocycles. The van der Waals surface area contributed by atoms with Gasteiger partial charge in [0.15, 0.2) is 5.96 Å². The van der Waals surface area contributed by atoms with E-state index in [1.54, 1.807) is 32.4 Å². The number of guanidine groups is 1. The molecule has 1 unspecified atom stereocenters. The molecule has 1 atom stereocenters. The summed E-state index contributed by atoms with van der Waals surface area (Å²) in [6, 6.07) is 5.37. The normalized spacial score (nSPS) is 16.8. The fourth-order valence-electron chi connectivity index (χ4n) is 3.52. The van der Waals surface area contributed by atoms with E-state index in [-0.39, 0.29) is 6.54 Å². The Morgan fingerprint density at radius 1 is 1.14 bits per heavy atom. The molecule has 0 spiro atoms. The first-order chi connectivity index (χ1) is 14.2. The van der Waals surface area contributed by atoms with Crippen LogP contribution >= 0.6 is 0 Å². The first-order valence-electron chi connectivity index (χ1n) is 10.7. The molecule has 0 aliphatic heterocycles. The summed E-state index contributed by atoms with van der Waals surface area (Å²) in [7, 11) is 3.18. The highest BCUT2D eigenvalue weighted by Crippen LogP contribution is 2.29. The summed E-state index contributed by atoms with van der Waals surface area (Å²) in [6.07, 6.45) is 7.14. The highest BCUT2D eigenvalue weighted by molar-refractivity contribution is 5.79. The van der Waals surface area contributed by atoms with Crippen LogP contribution in [0, 0.1) is 0 Å². The van der Waals surface area contributed by atoms with Gasteiger partial charge >= 0.3 is 0 Å². The second-order valence-corrected chi connectivity index (χ2v) is 7.25. The number of aliphatic hydroxyl groups is 1. The summed E-state index contributed by atoms with van der Waals surface area (Å²) in [5.74, 6) is 1.95. The number of aliphatic hydroxyl groups excluding tert-OH is 1. The van der Waals surface area contributed by atoms with Gasteiger partial charge in [0, 0.05) is 18.7 Å². The second-order valence-electron chi connectivity index (χ2n) is 7.25. The van der Waals surface area contributed by atoms with Gasteiger partial charge in [-0.05, 0) is 38.0 Å². The summed E-state index contributed by atoms with van der Waals surface area (Å²) < 4.78 is 16.6. The maximum atomic E-state index is 10.6. The average molecular weight is 408 g/mol. The fourth-order valence-corrected chi connectivity index (χ4v) is 3.52. The van der Waals surface area contributed by atoms with Gasteiger partial charge in [0.05, 0.1) is 33.5 Å². The molecule has 0 bridgehead atoms. The van der Waals surface area contributed by atoms with Crippen LogP contribution in [0.25, 0.3) is 0 Å². The van der Waals surface area contributed by atoms with E-state index >= 15 is 0 Å². The topological polar surface area (TPSA) is 84.3 Å². The first-order valence-corrected chi connectivity index (χ1v) is 10.7. The second kappa shape index (κ2) is 13.3. The predicted octanol–water partition coefficient (Wildman–Crippen LogP) is 3.03. The molecular formula is C22H37N3O4. The van der Waals surface area contributed by atoms with Gasteiger partial charge < -0.3 is 30.0 Å².